The van der Waals surface area contributed by atoms with Crippen LogP contribution in [0, 0.1) is 12.7 Å². The third kappa shape index (κ3) is 2.73. The topological polar surface area (TPSA) is 47.0 Å². The van der Waals surface area contributed by atoms with Gasteiger partial charge in [-0.3, -0.25) is 14.6 Å². The standard InChI is InChI=1S/C16H21FN2O2/c1-9(2)19-11(4)15(16(20)18-19)10(3)13-7-6-12(21-5)8-14(13)17/h6-10H,1-5H3,(H,18,20). The van der Waals surface area contributed by atoms with Crippen LogP contribution in [-0.4, -0.2) is 16.9 Å². The van der Waals surface area contributed by atoms with Gasteiger partial charge in [0.1, 0.15) is 11.6 Å². The number of aromatic nitrogens is 2. The summed E-state index contributed by atoms with van der Waals surface area (Å²) in [5.74, 6) is -0.216. The normalized spacial score (nSPS) is 12.7. The van der Waals surface area contributed by atoms with Gasteiger partial charge in [0.05, 0.1) is 7.11 Å². The van der Waals surface area contributed by atoms with E-state index in [0.717, 1.165) is 5.69 Å². The Hall–Kier alpha value is -2.04. The first kappa shape index (κ1) is 15.4. The molecule has 1 atom stereocenters. The fraction of sp³-hybridized carbons (Fsp3) is 0.438. The zero-order valence-electron chi connectivity index (χ0n) is 13.0. The van der Waals surface area contributed by atoms with Crippen LogP contribution in [0.25, 0.3) is 0 Å². The van der Waals surface area contributed by atoms with Gasteiger partial charge >= 0.3 is 0 Å². The molecular weight excluding hydrogens is 271 g/mol. The van der Waals surface area contributed by atoms with Gasteiger partial charge in [0.25, 0.3) is 5.56 Å². The van der Waals surface area contributed by atoms with Crippen molar-refractivity contribution in [1.82, 2.24) is 9.78 Å². The molecule has 1 heterocycles. The highest BCUT2D eigenvalue weighted by Crippen LogP contribution is 2.29. The molecule has 1 aromatic carbocycles. The van der Waals surface area contributed by atoms with Crippen molar-refractivity contribution in [3.63, 3.8) is 0 Å². The summed E-state index contributed by atoms with van der Waals surface area (Å²) >= 11 is 0. The first-order valence-electron chi connectivity index (χ1n) is 7.01. The van der Waals surface area contributed by atoms with Gasteiger partial charge < -0.3 is 4.74 Å². The van der Waals surface area contributed by atoms with E-state index in [1.165, 1.54) is 13.2 Å². The van der Waals surface area contributed by atoms with Crippen LogP contribution < -0.4 is 10.3 Å². The molecule has 0 aliphatic carbocycles. The van der Waals surface area contributed by atoms with Crippen LogP contribution in [0.3, 0.4) is 0 Å². The van der Waals surface area contributed by atoms with E-state index in [1.807, 2.05) is 32.4 Å². The molecule has 5 heteroatoms. The van der Waals surface area contributed by atoms with E-state index in [2.05, 4.69) is 5.10 Å². The molecule has 4 nitrogen and oxygen atoms in total. The molecular formula is C16H21FN2O2. The Balaban J connectivity index is 2.50. The molecule has 2 rings (SSSR count). The summed E-state index contributed by atoms with van der Waals surface area (Å²) in [4.78, 5) is 12.2. The van der Waals surface area contributed by atoms with Gasteiger partial charge in [-0.25, -0.2) is 4.39 Å². The zero-order valence-corrected chi connectivity index (χ0v) is 13.0. The van der Waals surface area contributed by atoms with Crippen LogP contribution in [0.1, 0.15) is 49.6 Å². The Kier molecular flexibility index (Phi) is 4.21. The molecule has 0 aliphatic rings. The van der Waals surface area contributed by atoms with E-state index < -0.39 is 0 Å². The van der Waals surface area contributed by atoms with Crippen molar-refractivity contribution in [2.75, 3.05) is 7.11 Å². The van der Waals surface area contributed by atoms with Gasteiger partial charge in [-0.15, -0.1) is 0 Å². The number of H-pyrrole nitrogens is 1. The monoisotopic (exact) mass is 292 g/mol. The first-order valence-corrected chi connectivity index (χ1v) is 7.01. The molecule has 1 N–H and O–H groups in total. The molecule has 0 aliphatic heterocycles. The quantitative estimate of drug-likeness (QED) is 0.939. The van der Waals surface area contributed by atoms with Crippen molar-refractivity contribution >= 4 is 0 Å². The molecule has 0 amide bonds. The molecule has 1 unspecified atom stereocenters. The van der Waals surface area contributed by atoms with Crippen molar-refractivity contribution in [3.05, 3.63) is 51.2 Å². The summed E-state index contributed by atoms with van der Waals surface area (Å²) in [7, 11) is 1.50. The van der Waals surface area contributed by atoms with Crippen molar-refractivity contribution in [1.29, 1.82) is 0 Å². The third-order valence-electron chi connectivity index (χ3n) is 3.84. The Morgan fingerprint density at radius 1 is 1.29 bits per heavy atom. The number of methoxy groups -OCH3 is 1. The van der Waals surface area contributed by atoms with Crippen molar-refractivity contribution in [2.24, 2.45) is 0 Å². The fourth-order valence-electron chi connectivity index (χ4n) is 2.72. The number of ether oxygens (including phenoxy) is 1. The molecule has 2 aromatic rings. The van der Waals surface area contributed by atoms with E-state index in [-0.39, 0.29) is 23.3 Å². The molecule has 21 heavy (non-hydrogen) atoms. The van der Waals surface area contributed by atoms with Crippen LogP contribution in [-0.2, 0) is 0 Å². The summed E-state index contributed by atoms with van der Waals surface area (Å²) in [5.41, 5.74) is 1.78. The maximum atomic E-state index is 14.2. The van der Waals surface area contributed by atoms with E-state index in [4.69, 9.17) is 4.74 Å². The molecule has 1 aromatic heterocycles. The number of hydrogen-bond donors (Lipinski definition) is 1. The van der Waals surface area contributed by atoms with Crippen LogP contribution >= 0.6 is 0 Å². The van der Waals surface area contributed by atoms with Crippen molar-refractivity contribution in [2.45, 2.75) is 39.7 Å². The van der Waals surface area contributed by atoms with Crippen LogP contribution in [0.2, 0.25) is 0 Å². The highest BCUT2D eigenvalue weighted by atomic mass is 19.1. The number of aromatic amines is 1. The molecule has 0 saturated carbocycles. The Bertz CT molecular complexity index is 701. The molecule has 0 saturated heterocycles. The second-order valence-corrected chi connectivity index (χ2v) is 5.51. The number of halogens is 1. The largest absolute Gasteiger partial charge is 0.497 e. The second kappa shape index (κ2) is 5.76. The third-order valence-corrected chi connectivity index (χ3v) is 3.84. The highest BCUT2D eigenvalue weighted by molar-refractivity contribution is 5.37. The second-order valence-electron chi connectivity index (χ2n) is 5.51. The predicted octanol–water partition coefficient (Wildman–Crippen LogP) is 3.37. The lowest BCUT2D eigenvalue weighted by atomic mass is 9.93. The van der Waals surface area contributed by atoms with Crippen LogP contribution in [0.4, 0.5) is 4.39 Å². The molecule has 0 bridgehead atoms. The Labute approximate surface area is 123 Å². The number of nitrogens with zero attached hydrogens (tertiary/aromatic N) is 1. The van der Waals surface area contributed by atoms with Crippen molar-refractivity contribution in [3.8, 4) is 5.75 Å². The van der Waals surface area contributed by atoms with Gasteiger partial charge in [0, 0.05) is 29.3 Å². The summed E-state index contributed by atoms with van der Waals surface area (Å²) in [6.07, 6.45) is 0. The average Bonchev–Trinajstić information content (AvgIpc) is 2.73. The van der Waals surface area contributed by atoms with E-state index in [1.54, 1.807) is 12.1 Å². The average molecular weight is 292 g/mol. The Morgan fingerprint density at radius 2 is 1.95 bits per heavy atom. The minimum atomic E-state index is -0.363. The van der Waals surface area contributed by atoms with E-state index in [0.29, 0.717) is 16.9 Å². The fourth-order valence-corrected chi connectivity index (χ4v) is 2.72. The minimum absolute atomic E-state index is 0.152. The summed E-state index contributed by atoms with van der Waals surface area (Å²) in [5, 5.41) is 2.82. The molecule has 0 spiro atoms. The zero-order chi connectivity index (χ0) is 15.7. The number of nitrogens with one attached hydrogen (secondary N) is 1. The van der Waals surface area contributed by atoms with Gasteiger partial charge in [0.2, 0.25) is 0 Å². The van der Waals surface area contributed by atoms with Gasteiger partial charge in [-0.1, -0.05) is 13.0 Å². The first-order chi connectivity index (χ1) is 9.86. The predicted molar refractivity (Wildman–Crippen MR) is 80.6 cm³/mol. The van der Waals surface area contributed by atoms with E-state index >= 15 is 0 Å². The van der Waals surface area contributed by atoms with Crippen molar-refractivity contribution < 1.29 is 9.13 Å². The lowest BCUT2D eigenvalue weighted by Gasteiger charge is -2.14. The van der Waals surface area contributed by atoms with E-state index in [9.17, 15) is 9.18 Å². The highest BCUT2D eigenvalue weighted by Gasteiger charge is 2.22. The lowest BCUT2D eigenvalue weighted by molar-refractivity contribution is 0.410. The van der Waals surface area contributed by atoms with Crippen LogP contribution in [0.5, 0.6) is 5.75 Å². The summed E-state index contributed by atoms with van der Waals surface area (Å²) < 4.78 is 21.0. The molecule has 0 fully saturated rings. The maximum Gasteiger partial charge on any atom is 0.268 e. The summed E-state index contributed by atoms with van der Waals surface area (Å²) in [6.45, 7) is 7.70. The number of hydrogen-bond acceptors (Lipinski definition) is 2. The smallest absolute Gasteiger partial charge is 0.268 e. The Morgan fingerprint density at radius 3 is 2.43 bits per heavy atom. The lowest BCUT2D eigenvalue weighted by Crippen LogP contribution is -2.12. The van der Waals surface area contributed by atoms with Gasteiger partial charge in [0.15, 0.2) is 0 Å². The SMILES string of the molecule is COc1ccc(C(C)c2c(C)n(C(C)C)[nH]c2=O)c(F)c1. The number of rotatable bonds is 4. The molecule has 0 radical (unpaired) electrons. The summed E-state index contributed by atoms with van der Waals surface area (Å²) in [6, 6.07) is 4.87. The van der Waals surface area contributed by atoms with Gasteiger partial charge in [-0.2, -0.15) is 0 Å². The van der Waals surface area contributed by atoms with Crippen LogP contribution in [0.15, 0.2) is 23.0 Å². The minimum Gasteiger partial charge on any atom is -0.497 e. The maximum absolute atomic E-state index is 14.2. The van der Waals surface area contributed by atoms with Gasteiger partial charge in [-0.05, 0) is 32.4 Å². The number of benzene rings is 1. The molecule has 114 valence electrons.